The van der Waals surface area contributed by atoms with E-state index in [2.05, 4.69) is 44.7 Å². The molecule has 2 heteroatoms. The number of aliphatic hydroxyl groups excluding tert-OH is 1. The Morgan fingerprint density at radius 3 is 2.55 bits per heavy atom. The first-order chi connectivity index (χ1) is 14.1. The first-order valence-corrected chi connectivity index (χ1v) is 12.4. The topological polar surface area (TPSA) is 40.5 Å². The fourth-order valence-electron chi connectivity index (χ4n) is 4.47. The lowest BCUT2D eigenvalue weighted by atomic mass is 9.88. The molecular formula is C27H48O2. The van der Waals surface area contributed by atoms with Gasteiger partial charge in [0.15, 0.2) is 0 Å². The largest absolute Gasteiger partial charge is 0.393 e. The molecule has 0 aromatic carbocycles. The quantitative estimate of drug-likeness (QED) is 0.185. The zero-order valence-electron chi connectivity index (χ0n) is 19.3. The van der Waals surface area contributed by atoms with Crippen LogP contribution in [0.2, 0.25) is 0 Å². The second-order valence-corrected chi connectivity index (χ2v) is 9.21. The molecule has 0 saturated heterocycles. The Bertz CT molecular complexity index is 467. The molecule has 0 amide bonds. The molecule has 0 aromatic rings. The van der Waals surface area contributed by atoms with E-state index in [0.717, 1.165) is 24.7 Å². The zero-order valence-corrected chi connectivity index (χ0v) is 19.3. The summed E-state index contributed by atoms with van der Waals surface area (Å²) in [5.41, 5.74) is -1.09. The van der Waals surface area contributed by atoms with Gasteiger partial charge in [0.2, 0.25) is 0 Å². The van der Waals surface area contributed by atoms with Crippen molar-refractivity contribution in [1.82, 2.24) is 0 Å². The molecule has 0 aliphatic heterocycles. The first-order valence-electron chi connectivity index (χ1n) is 12.4. The van der Waals surface area contributed by atoms with E-state index in [1.54, 1.807) is 0 Å². The lowest BCUT2D eigenvalue weighted by Gasteiger charge is -2.21. The molecule has 168 valence electrons. The van der Waals surface area contributed by atoms with Crippen LogP contribution in [0.4, 0.5) is 0 Å². The third-order valence-electron chi connectivity index (χ3n) is 6.80. The van der Waals surface area contributed by atoms with Crippen molar-refractivity contribution in [2.45, 2.75) is 109 Å². The molecule has 0 aromatic heterocycles. The van der Waals surface area contributed by atoms with Crippen molar-refractivity contribution in [3.63, 3.8) is 0 Å². The van der Waals surface area contributed by atoms with Crippen molar-refractivity contribution < 1.29 is 10.2 Å². The average Bonchev–Trinajstić information content (AvgIpc) is 3.19. The van der Waals surface area contributed by atoms with E-state index in [4.69, 9.17) is 0 Å². The predicted molar refractivity (Wildman–Crippen MR) is 127 cm³/mol. The molecule has 1 rings (SSSR count). The highest BCUT2D eigenvalue weighted by atomic mass is 16.3. The molecule has 0 fully saturated rings. The van der Waals surface area contributed by atoms with Gasteiger partial charge in [-0.1, -0.05) is 108 Å². The predicted octanol–water partition coefficient (Wildman–Crippen LogP) is 7.37. The van der Waals surface area contributed by atoms with Crippen molar-refractivity contribution in [3.05, 3.63) is 37.0 Å². The number of hydrogen-bond donors (Lipinski definition) is 2. The Hall–Kier alpha value is -0.860. The molecule has 0 radical (unpaired) electrons. The van der Waals surface area contributed by atoms with Gasteiger partial charge in [0.05, 0.1) is 6.61 Å². The van der Waals surface area contributed by atoms with Crippen LogP contribution in [0.15, 0.2) is 37.0 Å². The van der Waals surface area contributed by atoms with Crippen LogP contribution in [0.25, 0.3) is 0 Å². The summed E-state index contributed by atoms with van der Waals surface area (Å²) in [6, 6.07) is 0. The van der Waals surface area contributed by atoms with E-state index in [1.165, 1.54) is 76.7 Å². The molecule has 1 aliphatic carbocycles. The first kappa shape index (κ1) is 26.2. The van der Waals surface area contributed by atoms with Crippen molar-refractivity contribution in [1.29, 1.82) is 0 Å². The van der Waals surface area contributed by atoms with Gasteiger partial charge in [0.25, 0.3) is 0 Å². The number of aliphatic hydroxyl groups is 2. The Morgan fingerprint density at radius 1 is 1.10 bits per heavy atom. The highest BCUT2D eigenvalue weighted by Crippen LogP contribution is 2.32. The van der Waals surface area contributed by atoms with Gasteiger partial charge in [-0.05, 0) is 43.4 Å². The molecule has 29 heavy (non-hydrogen) atoms. The third kappa shape index (κ3) is 11.2. The Balaban J connectivity index is 2.21. The molecule has 1 aliphatic rings. The Kier molecular flexibility index (Phi) is 14.4. The van der Waals surface area contributed by atoms with Crippen LogP contribution in [0, 0.1) is 17.8 Å². The van der Waals surface area contributed by atoms with Crippen LogP contribution in [0.3, 0.4) is 0 Å². The van der Waals surface area contributed by atoms with E-state index < -0.39 is 5.60 Å². The summed E-state index contributed by atoms with van der Waals surface area (Å²) >= 11 is 0. The van der Waals surface area contributed by atoms with E-state index in [1.807, 2.05) is 0 Å². The Labute approximate surface area is 181 Å². The van der Waals surface area contributed by atoms with Crippen LogP contribution in [-0.4, -0.2) is 22.4 Å². The summed E-state index contributed by atoms with van der Waals surface area (Å²) in [4.78, 5) is 0. The summed E-state index contributed by atoms with van der Waals surface area (Å²) in [5, 5.41) is 19.2. The molecule has 0 bridgehead atoms. The second-order valence-electron chi connectivity index (χ2n) is 9.21. The maximum atomic E-state index is 10.0. The third-order valence-corrected chi connectivity index (χ3v) is 6.80. The number of hydrogen-bond acceptors (Lipinski definition) is 2. The number of unbranched alkanes of at least 4 members (excludes halogenated alkanes) is 6. The van der Waals surface area contributed by atoms with Gasteiger partial charge in [-0.3, -0.25) is 0 Å². The maximum absolute atomic E-state index is 10.0. The van der Waals surface area contributed by atoms with Gasteiger partial charge in [0, 0.05) is 0 Å². The minimum absolute atomic E-state index is 0.226. The summed E-state index contributed by atoms with van der Waals surface area (Å²) in [6.45, 7) is 8.02. The minimum Gasteiger partial charge on any atom is -0.393 e. The van der Waals surface area contributed by atoms with Gasteiger partial charge in [-0.25, -0.2) is 0 Å². The molecule has 4 atom stereocenters. The van der Waals surface area contributed by atoms with Crippen molar-refractivity contribution >= 4 is 0 Å². The molecule has 0 saturated carbocycles. The summed E-state index contributed by atoms with van der Waals surface area (Å²) in [6.07, 6.45) is 28.3. The van der Waals surface area contributed by atoms with Crippen LogP contribution >= 0.6 is 0 Å². The highest BCUT2D eigenvalue weighted by Gasteiger charge is 2.21. The van der Waals surface area contributed by atoms with Gasteiger partial charge in [-0.15, -0.1) is 6.58 Å². The lowest BCUT2D eigenvalue weighted by molar-refractivity contribution is 0.0186. The molecular weight excluding hydrogens is 356 g/mol. The average molecular weight is 405 g/mol. The van der Waals surface area contributed by atoms with Crippen LogP contribution in [-0.2, 0) is 0 Å². The Morgan fingerprint density at radius 2 is 1.86 bits per heavy atom. The van der Waals surface area contributed by atoms with Crippen molar-refractivity contribution in [3.8, 4) is 0 Å². The van der Waals surface area contributed by atoms with Crippen molar-refractivity contribution in [2.75, 3.05) is 6.61 Å². The summed E-state index contributed by atoms with van der Waals surface area (Å²) in [5.74, 6) is 2.27. The number of rotatable bonds is 18. The number of allylic oxidation sites excluding steroid dienone is 4. The summed E-state index contributed by atoms with van der Waals surface area (Å²) < 4.78 is 0. The minimum atomic E-state index is -1.09. The molecule has 0 spiro atoms. The smallest absolute Gasteiger partial charge is 0.105 e. The lowest BCUT2D eigenvalue weighted by Crippen LogP contribution is -2.30. The van der Waals surface area contributed by atoms with Gasteiger partial charge in [0.1, 0.15) is 5.60 Å². The zero-order chi connectivity index (χ0) is 21.4. The monoisotopic (exact) mass is 404 g/mol. The SMILES string of the molecule is C=CC(O)(CO)CCCCCC[C@H]1CC=C[C@@H]1C=CC[C@@H](CC)CCCCCC. The van der Waals surface area contributed by atoms with E-state index in [9.17, 15) is 10.2 Å². The second kappa shape index (κ2) is 15.9. The van der Waals surface area contributed by atoms with Crippen LogP contribution < -0.4 is 0 Å². The van der Waals surface area contributed by atoms with Gasteiger partial charge >= 0.3 is 0 Å². The fraction of sp³-hybridized carbons (Fsp3) is 0.778. The van der Waals surface area contributed by atoms with E-state index >= 15 is 0 Å². The van der Waals surface area contributed by atoms with Crippen LogP contribution in [0.1, 0.15) is 104 Å². The molecule has 0 heterocycles. The standard InChI is InChI=1S/C27H48O2/c1-4-7-8-11-16-24(5-2)17-14-19-26-21-15-20-25(26)18-12-9-10-13-22-27(29,6-3)23-28/h6,14-15,19,21,24-26,28-29H,3-5,7-13,16-18,20,22-23H2,1-2H3/t24-,25-,26-,27?/m0/s1. The van der Waals surface area contributed by atoms with E-state index in [-0.39, 0.29) is 6.61 Å². The van der Waals surface area contributed by atoms with Gasteiger partial charge in [-0.2, -0.15) is 0 Å². The van der Waals surface area contributed by atoms with E-state index in [0.29, 0.717) is 12.3 Å². The van der Waals surface area contributed by atoms with Crippen molar-refractivity contribution in [2.24, 2.45) is 17.8 Å². The maximum Gasteiger partial charge on any atom is 0.105 e. The molecule has 2 nitrogen and oxygen atoms in total. The molecule has 1 unspecified atom stereocenters. The van der Waals surface area contributed by atoms with Crippen LogP contribution in [0.5, 0.6) is 0 Å². The summed E-state index contributed by atoms with van der Waals surface area (Å²) in [7, 11) is 0. The molecule has 2 N–H and O–H groups in total. The highest BCUT2D eigenvalue weighted by molar-refractivity contribution is 5.10. The van der Waals surface area contributed by atoms with Gasteiger partial charge < -0.3 is 10.2 Å². The fourth-order valence-corrected chi connectivity index (χ4v) is 4.47. The normalized spacial score (nSPS) is 22.2.